The predicted octanol–water partition coefficient (Wildman–Crippen LogP) is 2.56. The van der Waals surface area contributed by atoms with Crippen molar-refractivity contribution >= 4 is 29.3 Å². The molecule has 0 amide bonds. The summed E-state index contributed by atoms with van der Waals surface area (Å²) in [6, 6.07) is -0.508. The molecule has 1 unspecified atom stereocenters. The van der Waals surface area contributed by atoms with Crippen LogP contribution in [0.3, 0.4) is 0 Å². The Balaban J connectivity index is 2.90. The number of carbonyl (C=O) groups is 1. The van der Waals surface area contributed by atoms with Gasteiger partial charge in [-0.3, -0.25) is 0 Å². The van der Waals surface area contributed by atoms with Gasteiger partial charge in [0.1, 0.15) is 11.1 Å². The zero-order valence-corrected chi connectivity index (χ0v) is 13.0. The Morgan fingerprint density at radius 3 is 2.75 bits per heavy atom. The van der Waals surface area contributed by atoms with Gasteiger partial charge in [-0.05, 0) is 12.3 Å². The molecule has 1 rings (SSSR count). The first kappa shape index (κ1) is 16.5. The summed E-state index contributed by atoms with van der Waals surface area (Å²) in [5, 5.41) is 6.45. The Labute approximate surface area is 124 Å². The third-order valence-electron chi connectivity index (χ3n) is 2.69. The minimum atomic E-state index is -0.508. The number of halogens is 1. The third-order valence-corrected chi connectivity index (χ3v) is 2.97. The van der Waals surface area contributed by atoms with Crippen LogP contribution in [0.25, 0.3) is 0 Å². The molecule has 0 aliphatic rings. The quantitative estimate of drug-likeness (QED) is 0.754. The molecule has 0 fully saturated rings. The van der Waals surface area contributed by atoms with Crippen LogP contribution in [0.4, 0.5) is 11.8 Å². The molecule has 1 atom stereocenters. The van der Waals surface area contributed by atoms with Gasteiger partial charge in [-0.1, -0.05) is 32.4 Å². The van der Waals surface area contributed by atoms with E-state index < -0.39 is 6.04 Å². The largest absolute Gasteiger partial charge is 0.467 e. The molecule has 0 aliphatic carbocycles. The van der Waals surface area contributed by atoms with Crippen molar-refractivity contribution in [2.24, 2.45) is 5.92 Å². The Hall–Kier alpha value is -1.56. The topological polar surface area (TPSA) is 76.1 Å². The van der Waals surface area contributed by atoms with Crippen LogP contribution in [0, 0.1) is 5.92 Å². The summed E-state index contributed by atoms with van der Waals surface area (Å²) in [7, 11) is 1.36. The Bertz CT molecular complexity index is 454. The zero-order valence-electron chi connectivity index (χ0n) is 12.2. The van der Waals surface area contributed by atoms with Gasteiger partial charge in [-0.15, -0.1) is 0 Å². The molecule has 1 heterocycles. The van der Waals surface area contributed by atoms with Crippen LogP contribution in [-0.4, -0.2) is 35.6 Å². The summed E-state index contributed by atoms with van der Waals surface area (Å²) in [6.07, 6.45) is 2.47. The van der Waals surface area contributed by atoms with Crippen molar-refractivity contribution in [2.45, 2.75) is 33.2 Å². The lowest BCUT2D eigenvalue weighted by atomic mass is 10.0. The van der Waals surface area contributed by atoms with E-state index in [-0.39, 0.29) is 11.9 Å². The van der Waals surface area contributed by atoms with Crippen LogP contribution in [-0.2, 0) is 9.53 Å². The molecule has 0 saturated carbocycles. The Morgan fingerprint density at radius 1 is 1.50 bits per heavy atom. The lowest BCUT2D eigenvalue weighted by Crippen LogP contribution is -2.36. The van der Waals surface area contributed by atoms with E-state index in [9.17, 15) is 4.79 Å². The number of esters is 1. The van der Waals surface area contributed by atoms with Crippen molar-refractivity contribution in [1.29, 1.82) is 0 Å². The summed E-state index contributed by atoms with van der Waals surface area (Å²) in [4.78, 5) is 20.1. The molecule has 0 aliphatic heterocycles. The molecule has 0 radical (unpaired) electrons. The van der Waals surface area contributed by atoms with Gasteiger partial charge in [0.15, 0.2) is 5.82 Å². The summed E-state index contributed by atoms with van der Waals surface area (Å²) in [6.45, 7) is 6.65. The van der Waals surface area contributed by atoms with Gasteiger partial charge in [0.2, 0.25) is 5.95 Å². The number of ether oxygens (including phenoxy) is 1. The number of aromatic nitrogens is 2. The summed E-state index contributed by atoms with van der Waals surface area (Å²) >= 11 is 6.06. The van der Waals surface area contributed by atoms with E-state index in [1.807, 2.05) is 20.8 Å². The SMILES string of the molecule is CCCNc1ncc(Cl)c(NC(C(=O)OC)C(C)C)n1. The standard InChI is InChI=1S/C13H21ClN4O2/c1-5-6-15-13-16-7-9(14)11(18-13)17-10(8(2)3)12(19)20-4/h7-8,10H,5-6H2,1-4H3,(H2,15,16,17,18). The molecular formula is C13H21ClN4O2. The van der Waals surface area contributed by atoms with Gasteiger partial charge in [-0.2, -0.15) is 4.98 Å². The van der Waals surface area contributed by atoms with Crippen LogP contribution < -0.4 is 10.6 Å². The first-order valence-electron chi connectivity index (χ1n) is 6.60. The average molecular weight is 301 g/mol. The summed E-state index contributed by atoms with van der Waals surface area (Å²) < 4.78 is 4.78. The lowest BCUT2D eigenvalue weighted by molar-refractivity contribution is -0.142. The Morgan fingerprint density at radius 2 is 2.20 bits per heavy atom. The second kappa shape index (κ2) is 7.89. The summed E-state index contributed by atoms with van der Waals surface area (Å²) in [5.74, 6) is 0.591. The fourth-order valence-electron chi connectivity index (χ4n) is 1.56. The number of anilines is 2. The van der Waals surface area contributed by atoms with E-state index in [1.54, 1.807) is 0 Å². The number of nitrogens with zero attached hydrogens (tertiary/aromatic N) is 2. The van der Waals surface area contributed by atoms with Crippen molar-refractivity contribution < 1.29 is 9.53 Å². The number of hydrogen-bond acceptors (Lipinski definition) is 6. The van der Waals surface area contributed by atoms with E-state index in [4.69, 9.17) is 16.3 Å². The molecule has 6 nitrogen and oxygen atoms in total. The molecule has 0 bridgehead atoms. The van der Waals surface area contributed by atoms with E-state index in [0.717, 1.165) is 13.0 Å². The smallest absolute Gasteiger partial charge is 0.328 e. The molecular weight excluding hydrogens is 280 g/mol. The fourth-order valence-corrected chi connectivity index (χ4v) is 1.71. The normalized spacial score (nSPS) is 12.1. The average Bonchev–Trinajstić information content (AvgIpc) is 2.43. The lowest BCUT2D eigenvalue weighted by Gasteiger charge is -2.21. The highest BCUT2D eigenvalue weighted by atomic mass is 35.5. The highest BCUT2D eigenvalue weighted by Gasteiger charge is 2.24. The van der Waals surface area contributed by atoms with Crippen LogP contribution in [0.5, 0.6) is 0 Å². The fraction of sp³-hybridized carbons (Fsp3) is 0.615. The van der Waals surface area contributed by atoms with Gasteiger partial charge < -0.3 is 15.4 Å². The number of nitrogens with one attached hydrogen (secondary N) is 2. The molecule has 0 spiro atoms. The van der Waals surface area contributed by atoms with E-state index in [1.165, 1.54) is 13.3 Å². The second-order valence-electron chi connectivity index (χ2n) is 4.71. The maximum atomic E-state index is 11.7. The number of methoxy groups -OCH3 is 1. The first-order valence-corrected chi connectivity index (χ1v) is 6.98. The van der Waals surface area contributed by atoms with Gasteiger partial charge in [0.25, 0.3) is 0 Å². The molecule has 112 valence electrons. The molecule has 0 saturated heterocycles. The molecule has 20 heavy (non-hydrogen) atoms. The van der Waals surface area contributed by atoms with Gasteiger partial charge in [0, 0.05) is 6.54 Å². The maximum Gasteiger partial charge on any atom is 0.328 e. The van der Waals surface area contributed by atoms with Crippen molar-refractivity contribution in [3.63, 3.8) is 0 Å². The van der Waals surface area contributed by atoms with E-state index >= 15 is 0 Å². The van der Waals surface area contributed by atoms with Crippen molar-refractivity contribution in [1.82, 2.24) is 9.97 Å². The molecule has 0 aromatic carbocycles. The minimum Gasteiger partial charge on any atom is -0.467 e. The highest BCUT2D eigenvalue weighted by Crippen LogP contribution is 2.22. The van der Waals surface area contributed by atoms with Crippen molar-refractivity contribution in [2.75, 3.05) is 24.3 Å². The highest BCUT2D eigenvalue weighted by molar-refractivity contribution is 6.32. The second-order valence-corrected chi connectivity index (χ2v) is 5.11. The minimum absolute atomic E-state index is 0.0422. The molecule has 1 aromatic rings. The van der Waals surface area contributed by atoms with Gasteiger partial charge in [0.05, 0.1) is 13.3 Å². The molecule has 2 N–H and O–H groups in total. The molecule has 7 heteroatoms. The molecule has 1 aromatic heterocycles. The summed E-state index contributed by atoms with van der Waals surface area (Å²) in [5.41, 5.74) is 0. The zero-order chi connectivity index (χ0) is 15.1. The predicted molar refractivity (Wildman–Crippen MR) is 80.1 cm³/mol. The van der Waals surface area contributed by atoms with E-state index in [0.29, 0.717) is 16.8 Å². The first-order chi connectivity index (χ1) is 9.49. The van der Waals surface area contributed by atoms with Crippen LogP contribution >= 0.6 is 11.6 Å². The van der Waals surface area contributed by atoms with Crippen LogP contribution in [0.2, 0.25) is 5.02 Å². The van der Waals surface area contributed by atoms with Crippen LogP contribution in [0.15, 0.2) is 6.20 Å². The van der Waals surface area contributed by atoms with Crippen LogP contribution in [0.1, 0.15) is 27.2 Å². The Kier molecular flexibility index (Phi) is 6.51. The number of hydrogen-bond donors (Lipinski definition) is 2. The van der Waals surface area contributed by atoms with Crippen molar-refractivity contribution in [3.05, 3.63) is 11.2 Å². The van der Waals surface area contributed by atoms with Crippen molar-refractivity contribution in [3.8, 4) is 0 Å². The maximum absolute atomic E-state index is 11.7. The van der Waals surface area contributed by atoms with Gasteiger partial charge >= 0.3 is 5.97 Å². The van der Waals surface area contributed by atoms with E-state index in [2.05, 4.69) is 20.6 Å². The monoisotopic (exact) mass is 300 g/mol. The number of carbonyl (C=O) groups excluding carboxylic acids is 1. The van der Waals surface area contributed by atoms with Gasteiger partial charge in [-0.25, -0.2) is 9.78 Å². The third kappa shape index (κ3) is 4.52. The number of rotatable bonds is 7.